The molecule has 41 heavy (non-hydrogen) atoms. The number of hydrogen-bond acceptors (Lipinski definition) is 5. The lowest BCUT2D eigenvalue weighted by Gasteiger charge is -2.39. The highest BCUT2D eigenvalue weighted by Crippen LogP contribution is 2.58. The molecule has 2 amide bonds. The van der Waals surface area contributed by atoms with Crippen molar-refractivity contribution in [2.24, 2.45) is 23.2 Å². The van der Waals surface area contributed by atoms with E-state index in [0.29, 0.717) is 40.7 Å². The molecule has 3 N–H and O–H groups in total. The third kappa shape index (κ3) is 5.07. The zero-order chi connectivity index (χ0) is 28.6. The molecule has 2 bridgehead atoms. The second-order valence-electron chi connectivity index (χ2n) is 11.6. The van der Waals surface area contributed by atoms with Gasteiger partial charge in [0.25, 0.3) is 5.91 Å². The maximum absolute atomic E-state index is 13.8. The molecule has 0 aliphatic heterocycles. The van der Waals surface area contributed by atoms with Crippen LogP contribution < -0.4 is 15.4 Å². The fraction of sp³-hybridized carbons (Fsp3) is 0.394. The number of amides is 2. The van der Waals surface area contributed by atoms with E-state index in [4.69, 9.17) is 9.72 Å². The largest absolute Gasteiger partial charge is 0.496 e. The Hall–Kier alpha value is -4.20. The van der Waals surface area contributed by atoms with Gasteiger partial charge in [-0.15, -0.1) is 0 Å². The number of ether oxygens (including phenoxy) is 1. The van der Waals surface area contributed by atoms with Crippen LogP contribution in [0.25, 0.3) is 22.4 Å². The summed E-state index contributed by atoms with van der Waals surface area (Å²) in [5.41, 5.74) is 3.19. The summed E-state index contributed by atoms with van der Waals surface area (Å²) in [5.74, 6) is 3.36. The van der Waals surface area contributed by atoms with E-state index in [2.05, 4.69) is 34.4 Å². The van der Waals surface area contributed by atoms with E-state index in [-0.39, 0.29) is 17.2 Å². The predicted molar refractivity (Wildman–Crippen MR) is 161 cm³/mol. The Morgan fingerprint density at radius 1 is 1.02 bits per heavy atom. The highest BCUT2D eigenvalue weighted by atomic mass is 16.5. The minimum Gasteiger partial charge on any atom is -0.496 e. The maximum Gasteiger partial charge on any atom is 0.256 e. The van der Waals surface area contributed by atoms with Gasteiger partial charge in [-0.1, -0.05) is 32.8 Å². The minimum absolute atomic E-state index is 0.153. The quantitative estimate of drug-likeness (QED) is 0.217. The van der Waals surface area contributed by atoms with Crippen LogP contribution in [0.5, 0.6) is 5.75 Å². The molecule has 2 aromatic heterocycles. The summed E-state index contributed by atoms with van der Waals surface area (Å²) in [6, 6.07) is 16.4. The van der Waals surface area contributed by atoms with Crippen LogP contribution in [0.15, 0.2) is 60.8 Å². The lowest BCUT2D eigenvalue weighted by atomic mass is 9.66. The number of methoxy groups -OCH3 is 1. The summed E-state index contributed by atoms with van der Waals surface area (Å²) in [6.45, 7) is 4.48. The first-order valence-electron chi connectivity index (χ1n) is 14.6. The number of H-pyrrole nitrogens is 1. The first-order chi connectivity index (χ1) is 19.9. The number of rotatable bonds is 8. The van der Waals surface area contributed by atoms with Gasteiger partial charge in [0.2, 0.25) is 5.91 Å². The molecule has 0 spiro atoms. The molecule has 8 nitrogen and oxygen atoms in total. The second-order valence-corrected chi connectivity index (χ2v) is 11.6. The predicted octanol–water partition coefficient (Wildman–Crippen LogP) is 7.07. The highest BCUT2D eigenvalue weighted by molar-refractivity contribution is 6.05. The van der Waals surface area contributed by atoms with E-state index in [1.54, 1.807) is 37.6 Å². The van der Waals surface area contributed by atoms with Crippen LogP contribution in [0.2, 0.25) is 0 Å². The Morgan fingerprint density at radius 2 is 1.90 bits per heavy atom. The monoisotopic (exact) mass is 551 g/mol. The Balaban J connectivity index is 1.23. The number of aromatic amines is 1. The van der Waals surface area contributed by atoms with Crippen molar-refractivity contribution >= 4 is 34.4 Å². The number of nitrogens with one attached hydrogen (secondary N) is 3. The smallest absolute Gasteiger partial charge is 0.256 e. The topological polar surface area (TPSA) is 109 Å². The fourth-order valence-corrected chi connectivity index (χ4v) is 7.26. The number of benzene rings is 2. The second kappa shape index (κ2) is 11.0. The van der Waals surface area contributed by atoms with Gasteiger partial charge in [0.1, 0.15) is 17.4 Å². The summed E-state index contributed by atoms with van der Waals surface area (Å²) in [6.07, 6.45) is 8.23. The minimum atomic E-state index is -0.274. The molecule has 2 heterocycles. The number of hydrogen-bond donors (Lipinski definition) is 3. The average Bonchev–Trinajstić information content (AvgIpc) is 3.54. The van der Waals surface area contributed by atoms with Gasteiger partial charge in [0.15, 0.2) is 0 Å². The Morgan fingerprint density at radius 3 is 2.66 bits per heavy atom. The van der Waals surface area contributed by atoms with Gasteiger partial charge >= 0.3 is 0 Å². The summed E-state index contributed by atoms with van der Waals surface area (Å²) >= 11 is 0. The van der Waals surface area contributed by atoms with Crippen LogP contribution in [0.1, 0.15) is 62.7 Å². The molecule has 4 aromatic rings. The number of carbonyl (C=O) groups excluding carboxylic acids is 2. The molecule has 2 aliphatic rings. The summed E-state index contributed by atoms with van der Waals surface area (Å²) < 4.78 is 5.75. The summed E-state index contributed by atoms with van der Waals surface area (Å²) in [4.78, 5) is 38.8. The molecular weight excluding hydrogens is 514 g/mol. The third-order valence-electron chi connectivity index (χ3n) is 9.26. The first kappa shape index (κ1) is 27.0. The molecular formula is C33H37N5O3. The number of fused-ring (bicyclic) bond motifs is 3. The molecule has 2 aromatic carbocycles. The van der Waals surface area contributed by atoms with Gasteiger partial charge in [0, 0.05) is 23.5 Å². The maximum atomic E-state index is 13.8. The van der Waals surface area contributed by atoms with Crippen LogP contribution >= 0.6 is 0 Å². The van der Waals surface area contributed by atoms with Gasteiger partial charge in [0.05, 0.1) is 29.1 Å². The Kier molecular flexibility index (Phi) is 7.24. The van der Waals surface area contributed by atoms with Crippen LogP contribution in [0.3, 0.4) is 0 Å². The lowest BCUT2D eigenvalue weighted by molar-refractivity contribution is -0.130. The molecule has 0 radical (unpaired) electrons. The van der Waals surface area contributed by atoms with Gasteiger partial charge in [-0.05, 0) is 85.9 Å². The van der Waals surface area contributed by atoms with Crippen molar-refractivity contribution in [3.8, 4) is 17.1 Å². The van der Waals surface area contributed by atoms with Crippen molar-refractivity contribution in [3.05, 3.63) is 66.4 Å². The number of aromatic nitrogens is 3. The molecule has 2 fully saturated rings. The van der Waals surface area contributed by atoms with E-state index < -0.39 is 0 Å². The highest BCUT2D eigenvalue weighted by Gasteiger charge is 2.55. The van der Waals surface area contributed by atoms with Gasteiger partial charge < -0.3 is 20.4 Å². The first-order valence-corrected chi connectivity index (χ1v) is 14.6. The van der Waals surface area contributed by atoms with Crippen LogP contribution in [0, 0.1) is 23.2 Å². The number of pyridine rings is 1. The molecule has 0 saturated heterocycles. The molecule has 2 aliphatic carbocycles. The van der Waals surface area contributed by atoms with Gasteiger partial charge in [-0.2, -0.15) is 0 Å². The normalized spacial score (nSPS) is 23.3. The SMILES string of the molecule is CCC1CC2CC(CC)C(C(=O)Nc3ccc(-c4nc5ccc(C(=O)Nc6ccccn6)cc5[nH]4)c(OC)c3)(C1)C2. The summed E-state index contributed by atoms with van der Waals surface area (Å²) in [5, 5.41) is 6.07. The van der Waals surface area contributed by atoms with E-state index in [0.717, 1.165) is 48.0 Å². The number of nitrogens with zero attached hydrogens (tertiary/aromatic N) is 2. The van der Waals surface area contributed by atoms with Gasteiger partial charge in [-0.3, -0.25) is 9.59 Å². The van der Waals surface area contributed by atoms with E-state index in [1.807, 2.05) is 30.3 Å². The number of carbonyl (C=O) groups is 2. The molecule has 6 rings (SSSR count). The van der Waals surface area contributed by atoms with Gasteiger partial charge in [-0.25, -0.2) is 9.97 Å². The van der Waals surface area contributed by atoms with E-state index >= 15 is 0 Å². The number of anilines is 2. The molecule has 4 unspecified atom stereocenters. The lowest BCUT2D eigenvalue weighted by Crippen LogP contribution is -2.42. The van der Waals surface area contributed by atoms with Crippen molar-refractivity contribution < 1.29 is 14.3 Å². The zero-order valence-corrected chi connectivity index (χ0v) is 23.9. The number of imidazole rings is 1. The fourth-order valence-electron chi connectivity index (χ4n) is 7.26. The zero-order valence-electron chi connectivity index (χ0n) is 23.9. The molecule has 8 heteroatoms. The van der Waals surface area contributed by atoms with Crippen LogP contribution in [-0.2, 0) is 4.79 Å². The van der Waals surface area contributed by atoms with Crippen molar-refractivity contribution in [1.82, 2.24) is 15.0 Å². The van der Waals surface area contributed by atoms with E-state index in [1.165, 1.54) is 12.8 Å². The van der Waals surface area contributed by atoms with Crippen LogP contribution in [-0.4, -0.2) is 33.9 Å². The van der Waals surface area contributed by atoms with E-state index in [9.17, 15) is 9.59 Å². The van der Waals surface area contributed by atoms with Crippen molar-refractivity contribution in [3.63, 3.8) is 0 Å². The van der Waals surface area contributed by atoms with Crippen molar-refractivity contribution in [2.75, 3.05) is 17.7 Å². The molecule has 212 valence electrons. The standard InChI is InChI=1S/C33H37N5O3/c1-4-20-14-21-15-23(5-2)33(18-20,19-21)32(40)35-24-10-11-25(28(17-24)41-3)30-36-26-12-9-22(16-27(26)37-30)31(39)38-29-8-6-7-13-34-29/h6-13,16-17,20-21,23H,4-5,14-15,18-19H2,1-3H3,(H,35,40)(H,36,37)(H,34,38,39). The third-order valence-corrected chi connectivity index (χ3v) is 9.26. The molecule has 4 atom stereocenters. The average molecular weight is 552 g/mol. The summed E-state index contributed by atoms with van der Waals surface area (Å²) in [7, 11) is 1.62. The Bertz CT molecular complexity index is 1580. The van der Waals surface area contributed by atoms with Crippen molar-refractivity contribution in [1.29, 1.82) is 0 Å². The Labute approximate surface area is 240 Å². The van der Waals surface area contributed by atoms with Crippen molar-refractivity contribution in [2.45, 2.75) is 52.4 Å². The molecule has 2 saturated carbocycles. The van der Waals surface area contributed by atoms with Crippen LogP contribution in [0.4, 0.5) is 11.5 Å².